The summed E-state index contributed by atoms with van der Waals surface area (Å²) in [6, 6.07) is 7.01. The van der Waals surface area contributed by atoms with Gasteiger partial charge in [0.15, 0.2) is 0 Å². The van der Waals surface area contributed by atoms with Crippen LogP contribution in [0.15, 0.2) is 30.3 Å². The first-order chi connectivity index (χ1) is 12.2. The van der Waals surface area contributed by atoms with Gasteiger partial charge in [-0.05, 0) is 68.7 Å². The van der Waals surface area contributed by atoms with E-state index in [4.69, 9.17) is 9.47 Å². The van der Waals surface area contributed by atoms with Crippen molar-refractivity contribution in [2.24, 2.45) is 0 Å². The lowest BCUT2D eigenvalue weighted by Gasteiger charge is -2.17. The molecule has 0 fully saturated rings. The summed E-state index contributed by atoms with van der Waals surface area (Å²) in [6.07, 6.45) is -3.59. The number of methoxy groups -OCH3 is 1. The third kappa shape index (κ3) is 4.84. The van der Waals surface area contributed by atoms with Gasteiger partial charge in [0.2, 0.25) is 0 Å². The van der Waals surface area contributed by atoms with Crippen LogP contribution in [0.25, 0.3) is 0 Å². The molecule has 0 spiro atoms. The van der Waals surface area contributed by atoms with Crippen molar-refractivity contribution in [1.82, 2.24) is 0 Å². The quantitative estimate of drug-likeness (QED) is 0.654. The van der Waals surface area contributed by atoms with Gasteiger partial charge >= 0.3 is 6.18 Å². The molecule has 2 rings (SSSR count). The van der Waals surface area contributed by atoms with E-state index in [1.807, 2.05) is 26.8 Å². The zero-order valence-electron chi connectivity index (χ0n) is 15.5. The van der Waals surface area contributed by atoms with Gasteiger partial charge in [-0.2, -0.15) is 13.2 Å². The fraction of sp³-hybridized carbons (Fsp3) is 0.400. The fourth-order valence-electron chi connectivity index (χ4n) is 2.67. The Hall–Kier alpha value is -2.37. The second-order valence-electron chi connectivity index (χ2n) is 6.18. The second kappa shape index (κ2) is 8.34. The van der Waals surface area contributed by atoms with E-state index in [0.717, 1.165) is 46.7 Å². The lowest BCUT2D eigenvalue weighted by Crippen LogP contribution is -2.09. The summed E-state index contributed by atoms with van der Waals surface area (Å²) in [7, 11) is 1.63. The summed E-state index contributed by atoms with van der Waals surface area (Å²) in [5.41, 5.74) is 3.16. The molecule has 0 aliphatic rings. The van der Waals surface area contributed by atoms with E-state index < -0.39 is 11.7 Å². The van der Waals surface area contributed by atoms with Gasteiger partial charge < -0.3 is 14.8 Å². The summed E-state index contributed by atoms with van der Waals surface area (Å²) in [4.78, 5) is 0. The molecule has 0 radical (unpaired) electrons. The minimum Gasteiger partial charge on any atom is -0.496 e. The predicted octanol–water partition coefficient (Wildman–Crippen LogP) is 5.52. The summed E-state index contributed by atoms with van der Waals surface area (Å²) in [6.45, 7) is 7.09. The standard InChI is InChI=1S/C20H24F3NO2/c1-13-12-18(25-4)15(3)19(14(13)2)26-11-5-10-24-17-8-6-16(7-9-17)20(21,22)23/h6-9,12,24H,5,10-11H2,1-4H3. The van der Waals surface area contributed by atoms with Crippen molar-refractivity contribution < 1.29 is 22.6 Å². The average molecular weight is 367 g/mol. The molecule has 0 unspecified atom stereocenters. The molecule has 0 saturated heterocycles. The van der Waals surface area contributed by atoms with Crippen LogP contribution in [-0.2, 0) is 6.18 Å². The van der Waals surface area contributed by atoms with Crippen LogP contribution in [0.1, 0.15) is 28.7 Å². The monoisotopic (exact) mass is 367 g/mol. The maximum Gasteiger partial charge on any atom is 0.416 e. The average Bonchev–Trinajstić information content (AvgIpc) is 2.60. The van der Waals surface area contributed by atoms with Gasteiger partial charge in [-0.25, -0.2) is 0 Å². The number of nitrogens with one attached hydrogen (secondary N) is 1. The predicted molar refractivity (Wildman–Crippen MR) is 97.3 cm³/mol. The molecule has 0 atom stereocenters. The third-order valence-corrected chi connectivity index (χ3v) is 4.32. The Kier molecular flexibility index (Phi) is 6.40. The van der Waals surface area contributed by atoms with Crippen molar-refractivity contribution in [3.8, 4) is 11.5 Å². The fourth-order valence-corrected chi connectivity index (χ4v) is 2.67. The number of hydrogen-bond acceptors (Lipinski definition) is 3. The summed E-state index contributed by atoms with van der Waals surface area (Å²) in [5, 5.41) is 3.10. The number of halogens is 3. The number of hydrogen-bond donors (Lipinski definition) is 1. The van der Waals surface area contributed by atoms with Crippen molar-refractivity contribution in [2.75, 3.05) is 25.6 Å². The second-order valence-corrected chi connectivity index (χ2v) is 6.18. The van der Waals surface area contributed by atoms with E-state index in [1.165, 1.54) is 12.1 Å². The van der Waals surface area contributed by atoms with E-state index in [1.54, 1.807) is 7.11 Å². The van der Waals surface area contributed by atoms with Crippen LogP contribution in [0, 0.1) is 20.8 Å². The lowest BCUT2D eigenvalue weighted by atomic mass is 10.0. The zero-order chi connectivity index (χ0) is 19.3. The lowest BCUT2D eigenvalue weighted by molar-refractivity contribution is -0.137. The number of anilines is 1. The molecule has 142 valence electrons. The molecule has 26 heavy (non-hydrogen) atoms. The van der Waals surface area contributed by atoms with Gasteiger partial charge in [0.05, 0.1) is 19.3 Å². The van der Waals surface area contributed by atoms with Crippen molar-refractivity contribution in [3.63, 3.8) is 0 Å². The molecule has 2 aromatic carbocycles. The zero-order valence-corrected chi connectivity index (χ0v) is 15.5. The first-order valence-electron chi connectivity index (χ1n) is 8.42. The number of aryl methyl sites for hydroxylation is 1. The number of rotatable bonds is 7. The molecule has 0 aliphatic carbocycles. The normalized spacial score (nSPS) is 11.3. The first-order valence-corrected chi connectivity index (χ1v) is 8.42. The number of benzene rings is 2. The first kappa shape index (κ1) is 19.9. The molecule has 0 bridgehead atoms. The molecule has 1 N–H and O–H groups in total. The molecule has 0 saturated carbocycles. The highest BCUT2D eigenvalue weighted by atomic mass is 19.4. The van der Waals surface area contributed by atoms with E-state index in [0.29, 0.717) is 18.8 Å². The van der Waals surface area contributed by atoms with Crippen molar-refractivity contribution >= 4 is 5.69 Å². The molecule has 0 aliphatic heterocycles. The number of alkyl halides is 3. The highest BCUT2D eigenvalue weighted by Gasteiger charge is 2.29. The maximum absolute atomic E-state index is 12.5. The van der Waals surface area contributed by atoms with Gasteiger partial charge in [0.1, 0.15) is 11.5 Å². The maximum atomic E-state index is 12.5. The minimum absolute atomic E-state index is 0.502. The summed E-state index contributed by atoms with van der Waals surface area (Å²) >= 11 is 0. The largest absolute Gasteiger partial charge is 0.496 e. The Morgan fingerprint density at radius 3 is 2.23 bits per heavy atom. The van der Waals surface area contributed by atoms with E-state index in [2.05, 4.69) is 5.32 Å². The van der Waals surface area contributed by atoms with Gasteiger partial charge in [-0.3, -0.25) is 0 Å². The van der Waals surface area contributed by atoms with Gasteiger partial charge in [0.25, 0.3) is 0 Å². The van der Waals surface area contributed by atoms with Crippen LogP contribution in [0.5, 0.6) is 11.5 Å². The molecule has 2 aromatic rings. The molecule has 6 heteroatoms. The van der Waals surface area contributed by atoms with Crippen LogP contribution >= 0.6 is 0 Å². The highest BCUT2D eigenvalue weighted by Crippen LogP contribution is 2.34. The van der Waals surface area contributed by atoms with Crippen LogP contribution in [-0.4, -0.2) is 20.3 Å². The molecule has 0 aromatic heterocycles. The van der Waals surface area contributed by atoms with Crippen molar-refractivity contribution in [2.45, 2.75) is 33.4 Å². The van der Waals surface area contributed by atoms with Gasteiger partial charge in [-0.15, -0.1) is 0 Å². The Morgan fingerprint density at radius 2 is 1.65 bits per heavy atom. The van der Waals surface area contributed by atoms with Gasteiger partial charge in [-0.1, -0.05) is 0 Å². The van der Waals surface area contributed by atoms with Crippen LogP contribution in [0.3, 0.4) is 0 Å². The Bertz CT molecular complexity index is 740. The molecule has 3 nitrogen and oxygen atoms in total. The van der Waals surface area contributed by atoms with Crippen LogP contribution in [0.4, 0.5) is 18.9 Å². The summed E-state index contributed by atoms with van der Waals surface area (Å²) < 4.78 is 48.9. The summed E-state index contributed by atoms with van der Waals surface area (Å²) in [5.74, 6) is 1.63. The Balaban J connectivity index is 1.85. The smallest absolute Gasteiger partial charge is 0.416 e. The molecule has 0 heterocycles. The van der Waals surface area contributed by atoms with Crippen molar-refractivity contribution in [1.29, 1.82) is 0 Å². The molecule has 0 amide bonds. The topological polar surface area (TPSA) is 30.5 Å². The molecular weight excluding hydrogens is 343 g/mol. The van der Waals surface area contributed by atoms with Crippen molar-refractivity contribution in [3.05, 3.63) is 52.6 Å². The van der Waals surface area contributed by atoms with E-state index in [-0.39, 0.29) is 0 Å². The van der Waals surface area contributed by atoms with Crippen LogP contribution < -0.4 is 14.8 Å². The Morgan fingerprint density at radius 1 is 1.00 bits per heavy atom. The van der Waals surface area contributed by atoms with Gasteiger partial charge in [0, 0.05) is 17.8 Å². The molecular formula is C20H24F3NO2. The van der Waals surface area contributed by atoms with E-state index in [9.17, 15) is 13.2 Å². The third-order valence-electron chi connectivity index (χ3n) is 4.32. The Labute approximate surface area is 152 Å². The SMILES string of the molecule is COc1cc(C)c(C)c(OCCCNc2ccc(C(F)(F)F)cc2)c1C. The minimum atomic E-state index is -4.31. The highest BCUT2D eigenvalue weighted by molar-refractivity contribution is 5.52. The number of ether oxygens (including phenoxy) is 2. The van der Waals surface area contributed by atoms with Crippen LogP contribution in [0.2, 0.25) is 0 Å². The van der Waals surface area contributed by atoms with E-state index >= 15 is 0 Å².